The van der Waals surface area contributed by atoms with Gasteiger partial charge in [-0.25, -0.2) is 8.42 Å². The smallest absolute Gasteiger partial charge is 0.226 e. The molecule has 0 spiro atoms. The quantitative estimate of drug-likeness (QED) is 0.755. The average molecular weight is 415 g/mol. The Hall–Kier alpha value is -2.67. The third-order valence-electron chi connectivity index (χ3n) is 5.18. The highest BCUT2D eigenvalue weighted by Crippen LogP contribution is 2.31. The molecule has 3 rings (SSSR count). The predicted octanol–water partition coefficient (Wildman–Crippen LogP) is 3.03. The van der Waals surface area contributed by atoms with Crippen LogP contribution >= 0.6 is 0 Å². The second-order valence-electron chi connectivity index (χ2n) is 7.21. The van der Waals surface area contributed by atoms with Gasteiger partial charge in [-0.3, -0.25) is 9.59 Å². The first kappa shape index (κ1) is 21.0. The number of nitrogens with zero attached hydrogens (tertiary/aromatic N) is 1. The molecule has 1 N–H and O–H groups in total. The van der Waals surface area contributed by atoms with Crippen molar-refractivity contribution in [3.8, 4) is 0 Å². The normalized spacial score (nSPS) is 14.3. The first-order valence-corrected chi connectivity index (χ1v) is 11.5. The Morgan fingerprint density at radius 3 is 2.55 bits per heavy atom. The van der Waals surface area contributed by atoms with Crippen LogP contribution in [0.25, 0.3) is 0 Å². The van der Waals surface area contributed by atoms with E-state index in [0.717, 1.165) is 16.8 Å². The number of hydrogen-bond acceptors (Lipinski definition) is 4. The molecule has 0 unspecified atom stereocenters. The van der Waals surface area contributed by atoms with Gasteiger partial charge >= 0.3 is 0 Å². The molecule has 0 saturated heterocycles. The number of carbonyl (C=O) groups is 2. The van der Waals surface area contributed by atoms with Crippen LogP contribution in [0.15, 0.2) is 53.4 Å². The Morgan fingerprint density at radius 1 is 1.14 bits per heavy atom. The zero-order valence-corrected chi connectivity index (χ0v) is 17.5. The lowest BCUT2D eigenvalue weighted by Gasteiger charge is -2.16. The number of benzene rings is 2. The zero-order chi connectivity index (χ0) is 21.0. The van der Waals surface area contributed by atoms with Crippen LogP contribution in [0.4, 0.5) is 5.69 Å². The Bertz CT molecular complexity index is 1000. The van der Waals surface area contributed by atoms with Crippen LogP contribution in [0.5, 0.6) is 0 Å². The average Bonchev–Trinajstić information content (AvgIpc) is 3.15. The highest BCUT2D eigenvalue weighted by atomic mass is 32.2. The molecule has 2 amide bonds. The van der Waals surface area contributed by atoms with Gasteiger partial charge in [0.15, 0.2) is 9.84 Å². The van der Waals surface area contributed by atoms with Crippen LogP contribution in [0.1, 0.15) is 43.9 Å². The van der Waals surface area contributed by atoms with E-state index in [4.69, 9.17) is 0 Å². The van der Waals surface area contributed by atoms with Crippen LogP contribution in [0, 0.1) is 0 Å². The fourth-order valence-corrected chi connectivity index (χ4v) is 4.79. The van der Waals surface area contributed by atoms with Gasteiger partial charge < -0.3 is 10.2 Å². The number of anilines is 1. The van der Waals surface area contributed by atoms with E-state index in [-0.39, 0.29) is 34.9 Å². The van der Waals surface area contributed by atoms with Crippen LogP contribution in [-0.4, -0.2) is 32.5 Å². The van der Waals surface area contributed by atoms with Crippen molar-refractivity contribution < 1.29 is 18.0 Å². The second-order valence-corrected chi connectivity index (χ2v) is 9.32. The number of fused-ring (bicyclic) bond motifs is 1. The number of carbonyl (C=O) groups excluding carboxylic acids is 2. The van der Waals surface area contributed by atoms with E-state index in [1.54, 1.807) is 17.0 Å². The fraction of sp³-hybridized carbons (Fsp3) is 0.364. The van der Waals surface area contributed by atoms with E-state index in [1.807, 2.05) is 44.2 Å². The summed E-state index contributed by atoms with van der Waals surface area (Å²) in [6, 6.07) is 14.2. The first-order chi connectivity index (χ1) is 13.8. The van der Waals surface area contributed by atoms with Crippen LogP contribution in [0.3, 0.4) is 0 Å². The maximum atomic E-state index is 12.7. The highest BCUT2D eigenvalue weighted by molar-refractivity contribution is 7.91. The molecule has 0 bridgehead atoms. The van der Waals surface area contributed by atoms with Crippen LogP contribution in [-0.2, 0) is 25.8 Å². The van der Waals surface area contributed by atoms with E-state index < -0.39 is 9.84 Å². The minimum absolute atomic E-state index is 0.0311. The lowest BCUT2D eigenvalue weighted by molar-refractivity contribution is -0.121. The molecule has 154 valence electrons. The monoisotopic (exact) mass is 414 g/mol. The fourth-order valence-electron chi connectivity index (χ4n) is 3.51. The first-order valence-electron chi connectivity index (χ1n) is 9.82. The molecule has 7 heteroatoms. The van der Waals surface area contributed by atoms with Gasteiger partial charge in [0, 0.05) is 25.1 Å². The van der Waals surface area contributed by atoms with Crippen LogP contribution in [0.2, 0.25) is 0 Å². The van der Waals surface area contributed by atoms with Crippen molar-refractivity contribution in [2.24, 2.45) is 0 Å². The zero-order valence-electron chi connectivity index (χ0n) is 16.7. The third-order valence-corrected chi connectivity index (χ3v) is 6.90. The Kier molecular flexibility index (Phi) is 6.37. The number of hydrogen-bond donors (Lipinski definition) is 1. The minimum atomic E-state index is -3.58. The van der Waals surface area contributed by atoms with Gasteiger partial charge in [0.25, 0.3) is 0 Å². The number of nitrogens with one attached hydrogen (secondary N) is 1. The topological polar surface area (TPSA) is 83.6 Å². The molecule has 0 aromatic heterocycles. The molecule has 0 saturated carbocycles. The molecule has 2 aromatic carbocycles. The van der Waals surface area contributed by atoms with Crippen molar-refractivity contribution in [1.82, 2.24) is 5.32 Å². The molecule has 29 heavy (non-hydrogen) atoms. The van der Waals surface area contributed by atoms with E-state index in [9.17, 15) is 18.0 Å². The summed E-state index contributed by atoms with van der Waals surface area (Å²) in [5, 5.41) is 2.84. The van der Waals surface area contributed by atoms with E-state index in [0.29, 0.717) is 19.4 Å². The van der Waals surface area contributed by atoms with Gasteiger partial charge in [-0.1, -0.05) is 37.3 Å². The third kappa shape index (κ3) is 4.85. The molecule has 2 aromatic rings. The number of sulfone groups is 1. The van der Waals surface area contributed by atoms with Crippen molar-refractivity contribution in [1.29, 1.82) is 0 Å². The molecule has 1 heterocycles. The van der Waals surface area contributed by atoms with Crippen molar-refractivity contribution in [2.45, 2.75) is 44.0 Å². The predicted molar refractivity (Wildman–Crippen MR) is 112 cm³/mol. The molecule has 6 nitrogen and oxygen atoms in total. The standard InChI is InChI=1S/C22H26N2O4S/c1-3-22(26)24-13-11-18-15-19(9-10-20(18)24)29(27,28)14-12-21(25)23-16(2)17-7-5-4-6-8-17/h4-10,15-16H,3,11-14H2,1-2H3,(H,23,25)/t16-/m0/s1. The lowest BCUT2D eigenvalue weighted by atomic mass is 10.1. The molecule has 1 aliphatic heterocycles. The summed E-state index contributed by atoms with van der Waals surface area (Å²) in [6.07, 6.45) is 0.951. The summed E-state index contributed by atoms with van der Waals surface area (Å²) >= 11 is 0. The molecular weight excluding hydrogens is 388 g/mol. The summed E-state index contributed by atoms with van der Waals surface area (Å²) in [6.45, 7) is 4.25. The van der Waals surface area contributed by atoms with Crippen molar-refractivity contribution in [3.05, 3.63) is 59.7 Å². The summed E-state index contributed by atoms with van der Waals surface area (Å²) in [5.41, 5.74) is 2.61. The summed E-state index contributed by atoms with van der Waals surface area (Å²) in [5.74, 6) is -0.522. The molecule has 1 atom stereocenters. The molecule has 0 aliphatic carbocycles. The van der Waals surface area contributed by atoms with Gasteiger partial charge in [-0.05, 0) is 42.7 Å². The van der Waals surface area contributed by atoms with Gasteiger partial charge in [0.1, 0.15) is 0 Å². The van der Waals surface area contributed by atoms with Gasteiger partial charge in [-0.15, -0.1) is 0 Å². The highest BCUT2D eigenvalue weighted by Gasteiger charge is 2.26. The Balaban J connectivity index is 1.63. The van der Waals surface area contributed by atoms with Crippen LogP contribution < -0.4 is 10.2 Å². The lowest BCUT2D eigenvalue weighted by Crippen LogP contribution is -2.28. The molecule has 0 radical (unpaired) electrons. The van der Waals surface area contributed by atoms with Gasteiger partial charge in [0.2, 0.25) is 11.8 Å². The van der Waals surface area contributed by atoms with Gasteiger partial charge in [0.05, 0.1) is 16.7 Å². The largest absolute Gasteiger partial charge is 0.350 e. The van der Waals surface area contributed by atoms with E-state index in [2.05, 4.69) is 5.32 Å². The second kappa shape index (κ2) is 8.78. The number of amides is 2. The van der Waals surface area contributed by atoms with E-state index >= 15 is 0 Å². The van der Waals surface area contributed by atoms with Crippen molar-refractivity contribution in [2.75, 3.05) is 17.2 Å². The maximum absolute atomic E-state index is 12.7. The molecular formula is C22H26N2O4S. The Morgan fingerprint density at radius 2 is 1.86 bits per heavy atom. The summed E-state index contributed by atoms with van der Waals surface area (Å²) in [4.78, 5) is 26.1. The van der Waals surface area contributed by atoms with Crippen molar-refractivity contribution in [3.63, 3.8) is 0 Å². The number of rotatable bonds is 7. The van der Waals surface area contributed by atoms with Gasteiger partial charge in [-0.2, -0.15) is 0 Å². The molecule has 1 aliphatic rings. The summed E-state index contributed by atoms with van der Waals surface area (Å²) in [7, 11) is -3.58. The minimum Gasteiger partial charge on any atom is -0.350 e. The van der Waals surface area contributed by atoms with E-state index in [1.165, 1.54) is 6.07 Å². The Labute approximate surface area is 171 Å². The summed E-state index contributed by atoms with van der Waals surface area (Å²) < 4.78 is 25.4. The van der Waals surface area contributed by atoms with Crippen molar-refractivity contribution >= 4 is 27.3 Å². The SMILES string of the molecule is CCC(=O)N1CCc2cc(S(=O)(=O)CCC(=O)N[C@@H](C)c3ccccc3)ccc21. The maximum Gasteiger partial charge on any atom is 0.226 e. The molecule has 0 fully saturated rings.